The monoisotopic (exact) mass is 306 g/mol. The molecule has 0 saturated carbocycles. The van der Waals surface area contributed by atoms with E-state index in [4.69, 9.17) is 4.74 Å². The molecule has 5 heteroatoms. The van der Waals surface area contributed by atoms with Gasteiger partial charge < -0.3 is 15.0 Å². The van der Waals surface area contributed by atoms with Gasteiger partial charge in [-0.05, 0) is 37.1 Å². The van der Waals surface area contributed by atoms with Crippen LogP contribution in [0.4, 0.5) is 5.69 Å². The van der Waals surface area contributed by atoms with E-state index in [1.165, 1.54) is 12.2 Å². The third kappa shape index (κ3) is 3.35. The Morgan fingerprint density at radius 2 is 2.29 bits per heavy atom. The minimum atomic E-state index is -0.0337. The Morgan fingerprint density at radius 3 is 3.05 bits per heavy atom. The molecule has 2 saturated heterocycles. The Labute approximate surface area is 130 Å². The first-order chi connectivity index (χ1) is 10.3. The van der Waals surface area contributed by atoms with Gasteiger partial charge in [0.25, 0.3) is 0 Å². The van der Waals surface area contributed by atoms with Crippen molar-refractivity contribution in [2.75, 3.05) is 30.1 Å². The van der Waals surface area contributed by atoms with E-state index < -0.39 is 0 Å². The Kier molecular flexibility index (Phi) is 4.70. The average Bonchev–Trinajstić information content (AvgIpc) is 3.02. The van der Waals surface area contributed by atoms with Gasteiger partial charge >= 0.3 is 0 Å². The molecule has 2 fully saturated rings. The van der Waals surface area contributed by atoms with E-state index in [1.54, 1.807) is 7.11 Å². The van der Waals surface area contributed by atoms with E-state index in [-0.39, 0.29) is 11.9 Å². The minimum Gasteiger partial charge on any atom is -0.497 e. The van der Waals surface area contributed by atoms with Crippen molar-refractivity contribution in [2.24, 2.45) is 0 Å². The van der Waals surface area contributed by atoms with Crippen LogP contribution in [-0.2, 0) is 4.79 Å². The van der Waals surface area contributed by atoms with Gasteiger partial charge in [0.05, 0.1) is 13.2 Å². The topological polar surface area (TPSA) is 41.6 Å². The number of methoxy groups -OCH3 is 1. The average molecular weight is 306 g/mol. The number of hydrogen-bond donors (Lipinski definition) is 1. The lowest BCUT2D eigenvalue weighted by molar-refractivity contribution is -0.121. The molecule has 1 amide bonds. The van der Waals surface area contributed by atoms with Gasteiger partial charge in [-0.15, -0.1) is 0 Å². The molecule has 0 unspecified atom stereocenters. The van der Waals surface area contributed by atoms with Crippen LogP contribution in [0.1, 0.15) is 19.3 Å². The van der Waals surface area contributed by atoms with E-state index in [0.29, 0.717) is 6.04 Å². The van der Waals surface area contributed by atoms with Gasteiger partial charge in [-0.3, -0.25) is 4.79 Å². The maximum Gasteiger partial charge on any atom is 0.244 e. The summed E-state index contributed by atoms with van der Waals surface area (Å²) in [6.07, 6.45) is 3.16. The van der Waals surface area contributed by atoms with Gasteiger partial charge in [-0.1, -0.05) is 6.07 Å². The molecule has 0 bridgehead atoms. The molecule has 0 aromatic heterocycles. The third-order valence-corrected chi connectivity index (χ3v) is 5.33. The van der Waals surface area contributed by atoms with Crippen LogP contribution in [-0.4, -0.2) is 43.2 Å². The quantitative estimate of drug-likeness (QED) is 0.927. The number of rotatable bonds is 4. The van der Waals surface area contributed by atoms with Gasteiger partial charge in [0.1, 0.15) is 5.75 Å². The zero-order valence-electron chi connectivity index (χ0n) is 12.4. The summed E-state index contributed by atoms with van der Waals surface area (Å²) in [5.41, 5.74) is 0.937. The number of anilines is 1. The van der Waals surface area contributed by atoms with E-state index in [2.05, 4.69) is 5.32 Å². The molecular formula is C16H22N2O2S. The summed E-state index contributed by atoms with van der Waals surface area (Å²) in [6, 6.07) is 8.22. The zero-order chi connectivity index (χ0) is 14.7. The fraction of sp³-hybridized carbons (Fsp3) is 0.562. The second-order valence-electron chi connectivity index (χ2n) is 5.61. The molecule has 1 aromatic carbocycles. The number of hydrogen-bond acceptors (Lipinski definition) is 4. The lowest BCUT2D eigenvalue weighted by Crippen LogP contribution is -2.53. The SMILES string of the molecule is COc1cccc(N2CCC[C@H](N[C@@H]3CCSC3)C2=O)c1. The normalized spacial score (nSPS) is 26.1. The number of benzene rings is 1. The summed E-state index contributed by atoms with van der Waals surface area (Å²) in [5.74, 6) is 3.33. The standard InChI is InChI=1S/C16H22N2O2S/c1-20-14-5-2-4-13(10-14)18-8-3-6-15(16(18)19)17-12-7-9-21-11-12/h2,4-5,10,12,15,17H,3,6-9,11H2,1H3/t12-,15+/m1/s1. The number of amides is 1. The minimum absolute atomic E-state index is 0.0337. The van der Waals surface area contributed by atoms with Gasteiger partial charge in [0.2, 0.25) is 5.91 Å². The largest absolute Gasteiger partial charge is 0.497 e. The highest BCUT2D eigenvalue weighted by atomic mass is 32.2. The maximum absolute atomic E-state index is 12.7. The van der Waals surface area contributed by atoms with Crippen molar-refractivity contribution in [2.45, 2.75) is 31.3 Å². The van der Waals surface area contributed by atoms with Crippen LogP contribution in [0.3, 0.4) is 0 Å². The van der Waals surface area contributed by atoms with Crippen molar-refractivity contribution in [3.8, 4) is 5.75 Å². The van der Waals surface area contributed by atoms with Crippen LogP contribution in [0.5, 0.6) is 5.75 Å². The van der Waals surface area contributed by atoms with E-state index >= 15 is 0 Å². The van der Waals surface area contributed by atoms with Crippen molar-refractivity contribution in [1.82, 2.24) is 5.32 Å². The molecule has 4 nitrogen and oxygen atoms in total. The van der Waals surface area contributed by atoms with Crippen molar-refractivity contribution in [3.63, 3.8) is 0 Å². The zero-order valence-corrected chi connectivity index (χ0v) is 13.2. The summed E-state index contributed by atoms with van der Waals surface area (Å²) >= 11 is 1.97. The van der Waals surface area contributed by atoms with E-state index in [1.807, 2.05) is 40.9 Å². The van der Waals surface area contributed by atoms with Crippen molar-refractivity contribution in [1.29, 1.82) is 0 Å². The number of nitrogens with zero attached hydrogens (tertiary/aromatic N) is 1. The Bertz CT molecular complexity index is 503. The van der Waals surface area contributed by atoms with Crippen molar-refractivity contribution in [3.05, 3.63) is 24.3 Å². The summed E-state index contributed by atoms with van der Waals surface area (Å²) in [5, 5.41) is 3.55. The summed E-state index contributed by atoms with van der Waals surface area (Å²) in [4.78, 5) is 14.6. The highest BCUT2D eigenvalue weighted by Crippen LogP contribution is 2.26. The van der Waals surface area contributed by atoms with Crippen LogP contribution in [0.15, 0.2) is 24.3 Å². The molecule has 1 N–H and O–H groups in total. The van der Waals surface area contributed by atoms with E-state index in [9.17, 15) is 4.79 Å². The Balaban J connectivity index is 1.71. The lowest BCUT2D eigenvalue weighted by Gasteiger charge is -2.34. The van der Waals surface area contributed by atoms with Crippen LogP contribution < -0.4 is 15.0 Å². The summed E-state index contributed by atoms with van der Waals surface area (Å²) in [6.45, 7) is 0.795. The first-order valence-electron chi connectivity index (χ1n) is 7.57. The number of piperidine rings is 1. The highest BCUT2D eigenvalue weighted by molar-refractivity contribution is 7.99. The van der Waals surface area contributed by atoms with Gasteiger partial charge in [-0.2, -0.15) is 11.8 Å². The lowest BCUT2D eigenvalue weighted by atomic mass is 10.0. The van der Waals surface area contributed by atoms with E-state index in [0.717, 1.165) is 36.6 Å². The number of thioether (sulfide) groups is 1. The molecule has 2 atom stereocenters. The van der Waals surface area contributed by atoms with Gasteiger partial charge in [0.15, 0.2) is 0 Å². The maximum atomic E-state index is 12.7. The second-order valence-corrected chi connectivity index (χ2v) is 6.76. The van der Waals surface area contributed by atoms with Gasteiger partial charge in [0, 0.05) is 30.1 Å². The first-order valence-corrected chi connectivity index (χ1v) is 8.72. The fourth-order valence-corrected chi connectivity index (χ4v) is 4.18. The fourth-order valence-electron chi connectivity index (χ4n) is 3.02. The molecule has 3 rings (SSSR count). The van der Waals surface area contributed by atoms with Crippen LogP contribution in [0, 0.1) is 0 Å². The Morgan fingerprint density at radius 1 is 1.38 bits per heavy atom. The predicted molar refractivity (Wildman–Crippen MR) is 87.2 cm³/mol. The molecule has 0 aliphatic carbocycles. The predicted octanol–water partition coefficient (Wildman–Crippen LogP) is 2.29. The number of carbonyl (C=O) groups is 1. The third-order valence-electron chi connectivity index (χ3n) is 4.17. The Hall–Kier alpha value is -1.20. The first kappa shape index (κ1) is 14.7. The molecule has 114 valence electrons. The van der Waals surface area contributed by atoms with Crippen molar-refractivity contribution >= 4 is 23.4 Å². The molecule has 0 spiro atoms. The smallest absolute Gasteiger partial charge is 0.244 e. The van der Waals surface area contributed by atoms with Crippen LogP contribution in [0.2, 0.25) is 0 Å². The van der Waals surface area contributed by atoms with Gasteiger partial charge in [-0.25, -0.2) is 0 Å². The molecular weight excluding hydrogens is 284 g/mol. The molecule has 2 heterocycles. The number of carbonyl (C=O) groups excluding carboxylic acids is 1. The molecule has 21 heavy (non-hydrogen) atoms. The molecule has 2 aliphatic heterocycles. The summed E-state index contributed by atoms with van der Waals surface area (Å²) in [7, 11) is 1.65. The number of ether oxygens (including phenoxy) is 1. The number of nitrogens with one attached hydrogen (secondary N) is 1. The van der Waals surface area contributed by atoms with Crippen LogP contribution >= 0.6 is 11.8 Å². The molecule has 2 aliphatic rings. The molecule has 0 radical (unpaired) electrons. The van der Waals surface area contributed by atoms with Crippen LogP contribution in [0.25, 0.3) is 0 Å². The molecule has 1 aromatic rings. The summed E-state index contributed by atoms with van der Waals surface area (Å²) < 4.78 is 5.26. The highest BCUT2D eigenvalue weighted by Gasteiger charge is 2.31. The van der Waals surface area contributed by atoms with Crippen molar-refractivity contribution < 1.29 is 9.53 Å². The second kappa shape index (κ2) is 6.71.